The van der Waals surface area contributed by atoms with Gasteiger partial charge in [0.2, 0.25) is 0 Å². The molecule has 4 nitrogen and oxygen atoms in total. The summed E-state index contributed by atoms with van der Waals surface area (Å²) in [4.78, 5) is 12.4. The number of allylic oxidation sites excluding steroid dienone is 1. The van der Waals surface area contributed by atoms with Crippen LogP contribution in [-0.2, 0) is 9.47 Å². The molecule has 0 spiro atoms. The highest BCUT2D eigenvalue weighted by Gasteiger charge is 2.22. The molecule has 0 N–H and O–H groups in total. The normalized spacial score (nSPS) is 28.6. The molecule has 0 aromatic rings. The van der Waals surface area contributed by atoms with Crippen LogP contribution in [0.15, 0.2) is 12.0 Å². The Labute approximate surface area is 90.1 Å². The minimum atomic E-state index is -2.64. The van der Waals surface area contributed by atoms with Crippen molar-refractivity contribution in [2.24, 2.45) is 0 Å². The first-order chi connectivity index (χ1) is 7.87. The van der Waals surface area contributed by atoms with E-state index in [9.17, 15) is 4.79 Å². The maximum Gasteiger partial charge on any atom is 0.414 e. The summed E-state index contributed by atoms with van der Waals surface area (Å²) in [5.74, 6) is 0.0981. The van der Waals surface area contributed by atoms with Gasteiger partial charge in [-0.25, -0.2) is 4.79 Å². The molecule has 1 heterocycles. The van der Waals surface area contributed by atoms with Gasteiger partial charge in [0.1, 0.15) is 17.9 Å². The zero-order valence-electron chi connectivity index (χ0n) is 12.7. The van der Waals surface area contributed by atoms with Gasteiger partial charge in [-0.05, 0) is 27.7 Å². The van der Waals surface area contributed by atoms with Gasteiger partial charge in [0.05, 0.1) is 12.0 Å². The Balaban J connectivity index is 3.06. The second-order valence-corrected chi connectivity index (χ2v) is 3.91. The van der Waals surface area contributed by atoms with E-state index in [1.807, 2.05) is 0 Å². The van der Waals surface area contributed by atoms with Crippen LogP contribution in [0.2, 0.25) is 0 Å². The zero-order chi connectivity index (χ0) is 14.4. The van der Waals surface area contributed by atoms with Crippen molar-refractivity contribution in [3.05, 3.63) is 12.0 Å². The maximum absolute atomic E-state index is 11.9. The van der Waals surface area contributed by atoms with E-state index in [0.29, 0.717) is 4.90 Å². The fourth-order valence-corrected chi connectivity index (χ4v) is 0.802. The van der Waals surface area contributed by atoms with Gasteiger partial charge < -0.3 is 9.47 Å². The summed E-state index contributed by atoms with van der Waals surface area (Å²) in [6, 6.07) is 0. The minimum Gasteiger partial charge on any atom is -0.495 e. The Morgan fingerprint density at radius 3 is 2.93 bits per heavy atom. The van der Waals surface area contributed by atoms with Crippen molar-refractivity contribution in [3.63, 3.8) is 0 Å². The fourth-order valence-electron chi connectivity index (χ4n) is 0.802. The van der Waals surface area contributed by atoms with Crippen molar-refractivity contribution in [1.29, 1.82) is 0 Å². The molecule has 0 unspecified atom stereocenters. The number of nitrogens with zero attached hydrogens (tertiary/aromatic N) is 1. The second-order valence-electron chi connectivity index (χ2n) is 3.91. The maximum atomic E-state index is 11.9. The molecule has 14 heavy (non-hydrogen) atoms. The molecule has 4 heteroatoms. The molecule has 0 aromatic carbocycles. The summed E-state index contributed by atoms with van der Waals surface area (Å²) < 4.78 is 40.1. The Bertz CT molecular complexity index is 387. The highest BCUT2D eigenvalue weighted by Crippen LogP contribution is 2.13. The lowest BCUT2D eigenvalue weighted by molar-refractivity contribution is 0.0247. The number of rotatable bonds is 0. The molecule has 80 valence electrons. The van der Waals surface area contributed by atoms with Crippen molar-refractivity contribution in [1.82, 2.24) is 4.90 Å². The number of ether oxygens (including phenoxy) is 2. The molecule has 0 atom stereocenters. The van der Waals surface area contributed by atoms with Crippen LogP contribution < -0.4 is 0 Å². The monoisotopic (exact) mass is 203 g/mol. The summed E-state index contributed by atoms with van der Waals surface area (Å²) in [6.07, 6.45) is 0.133. The van der Waals surface area contributed by atoms with E-state index in [1.54, 1.807) is 20.8 Å². The minimum absolute atomic E-state index is 0.0981. The van der Waals surface area contributed by atoms with Gasteiger partial charge in [0, 0.05) is 6.20 Å². The van der Waals surface area contributed by atoms with E-state index < -0.39 is 24.8 Å². The lowest BCUT2D eigenvalue weighted by Crippen LogP contribution is -2.37. The van der Waals surface area contributed by atoms with Crippen LogP contribution in [0.3, 0.4) is 0 Å². The Morgan fingerprint density at radius 1 is 1.71 bits per heavy atom. The van der Waals surface area contributed by atoms with E-state index in [0.717, 1.165) is 6.20 Å². The number of hydrogen-bond donors (Lipinski definition) is 0. The smallest absolute Gasteiger partial charge is 0.414 e. The molecule has 0 saturated carbocycles. The lowest BCUT2D eigenvalue weighted by Gasteiger charge is -2.27. The highest BCUT2D eigenvalue weighted by atomic mass is 16.6. The molecule has 0 fully saturated rings. The van der Waals surface area contributed by atoms with E-state index in [2.05, 4.69) is 0 Å². The molecule has 0 radical (unpaired) electrons. The van der Waals surface area contributed by atoms with Crippen molar-refractivity contribution >= 4 is 6.09 Å². The topological polar surface area (TPSA) is 38.8 Å². The van der Waals surface area contributed by atoms with Gasteiger partial charge in [-0.1, -0.05) is 0 Å². The van der Waals surface area contributed by atoms with Crippen molar-refractivity contribution < 1.29 is 19.8 Å². The average Bonchev–Trinajstić information content (AvgIpc) is 2.07. The Hall–Kier alpha value is -1.19. The molecule has 0 bridgehead atoms. The van der Waals surface area contributed by atoms with Gasteiger partial charge in [0.25, 0.3) is 0 Å². The molecule has 1 rings (SSSR count). The van der Waals surface area contributed by atoms with E-state index in [4.69, 9.17) is 15.0 Å². The van der Waals surface area contributed by atoms with Crippen LogP contribution in [0.5, 0.6) is 0 Å². The van der Waals surface area contributed by atoms with Gasteiger partial charge in [-0.2, -0.15) is 0 Å². The first-order valence-corrected chi connectivity index (χ1v) is 4.26. The van der Waals surface area contributed by atoms with Crippen LogP contribution in [0.25, 0.3) is 0 Å². The molecule has 0 aliphatic carbocycles. The molecular formula is C10H17NO3. The van der Waals surface area contributed by atoms with Crippen molar-refractivity contribution in [3.8, 4) is 0 Å². The molecule has 1 amide bonds. The first-order valence-electron chi connectivity index (χ1n) is 6.26. The summed E-state index contributed by atoms with van der Waals surface area (Å²) in [7, 11) is 0. The first kappa shape index (κ1) is 6.32. The fraction of sp³-hybridized carbons (Fsp3) is 0.700. The third-order valence-electron chi connectivity index (χ3n) is 1.28. The Kier molecular flexibility index (Phi) is 1.76. The molecule has 1 aliphatic heterocycles. The predicted octanol–water partition coefficient (Wildman–Crippen LogP) is 2.12. The molecule has 0 aromatic heterocycles. The SMILES string of the molecule is [2H]C1([2H])OC(C)=CN(C(=O)OC(C)(C)C)C1([2H])[2H]. The Morgan fingerprint density at radius 2 is 2.36 bits per heavy atom. The van der Waals surface area contributed by atoms with Gasteiger partial charge in [-0.15, -0.1) is 0 Å². The summed E-state index contributed by atoms with van der Waals surface area (Å²) in [5.41, 5.74) is -0.792. The van der Waals surface area contributed by atoms with Gasteiger partial charge in [-0.3, -0.25) is 4.90 Å². The number of carbonyl (C=O) groups is 1. The van der Waals surface area contributed by atoms with Crippen LogP contribution >= 0.6 is 0 Å². The predicted molar refractivity (Wildman–Crippen MR) is 52.6 cm³/mol. The van der Waals surface area contributed by atoms with Gasteiger partial charge in [0.15, 0.2) is 0 Å². The largest absolute Gasteiger partial charge is 0.495 e. The summed E-state index contributed by atoms with van der Waals surface area (Å²) >= 11 is 0. The van der Waals surface area contributed by atoms with E-state index in [-0.39, 0.29) is 5.76 Å². The number of amides is 1. The van der Waals surface area contributed by atoms with Crippen LogP contribution in [0, 0.1) is 0 Å². The van der Waals surface area contributed by atoms with Gasteiger partial charge >= 0.3 is 6.09 Å². The summed E-state index contributed by atoms with van der Waals surface area (Å²) in [5, 5.41) is 0. The van der Waals surface area contributed by atoms with Crippen molar-refractivity contribution in [2.75, 3.05) is 13.1 Å². The van der Waals surface area contributed by atoms with Crippen LogP contribution in [-0.4, -0.2) is 29.7 Å². The second kappa shape index (κ2) is 3.90. The number of carbonyl (C=O) groups excluding carboxylic acids is 1. The van der Waals surface area contributed by atoms with Crippen LogP contribution in [0.4, 0.5) is 4.79 Å². The third-order valence-corrected chi connectivity index (χ3v) is 1.28. The zero-order valence-corrected chi connectivity index (χ0v) is 8.75. The molecular weight excluding hydrogens is 182 g/mol. The van der Waals surface area contributed by atoms with E-state index >= 15 is 0 Å². The standard InChI is InChI=1S/C10H17NO3/c1-8-7-11(5-6-13-8)9(12)14-10(2,3)4/h7H,5-6H2,1-4H3/i5D2,6D2. The lowest BCUT2D eigenvalue weighted by atomic mass is 10.2. The van der Waals surface area contributed by atoms with Crippen molar-refractivity contribution in [2.45, 2.75) is 33.3 Å². The third kappa shape index (κ3) is 3.28. The summed E-state index contributed by atoms with van der Waals surface area (Å²) in [6.45, 7) is 1.09. The highest BCUT2D eigenvalue weighted by molar-refractivity contribution is 5.69. The quantitative estimate of drug-likeness (QED) is 0.605. The average molecular weight is 203 g/mol. The van der Waals surface area contributed by atoms with Crippen LogP contribution in [0.1, 0.15) is 33.2 Å². The number of hydrogen-bond acceptors (Lipinski definition) is 3. The molecule has 1 aliphatic rings. The molecule has 0 saturated heterocycles. The van der Waals surface area contributed by atoms with E-state index in [1.165, 1.54) is 6.92 Å².